The first-order valence-corrected chi connectivity index (χ1v) is 10.1. The number of aromatic nitrogens is 2. The molecule has 3 aromatic rings. The highest BCUT2D eigenvalue weighted by molar-refractivity contribution is 5.65. The average Bonchev–Trinajstić information content (AvgIpc) is 2.77. The minimum atomic E-state index is -0.0583. The zero-order valence-corrected chi connectivity index (χ0v) is 16.6. The molecule has 0 radical (unpaired) electrons. The number of rotatable bonds is 4. The van der Waals surface area contributed by atoms with Crippen molar-refractivity contribution >= 4 is 5.95 Å². The molecule has 0 unspecified atom stereocenters. The van der Waals surface area contributed by atoms with Crippen LogP contribution in [0.5, 0.6) is 0 Å². The van der Waals surface area contributed by atoms with Gasteiger partial charge in [0.1, 0.15) is 0 Å². The number of piperidine rings is 1. The van der Waals surface area contributed by atoms with Gasteiger partial charge in [0, 0.05) is 13.1 Å². The van der Waals surface area contributed by atoms with Crippen LogP contribution in [0.4, 0.5) is 5.95 Å². The lowest BCUT2D eigenvalue weighted by atomic mass is 10.0. The third-order valence-corrected chi connectivity index (χ3v) is 5.50. The van der Waals surface area contributed by atoms with Gasteiger partial charge in [-0.15, -0.1) is 0 Å². The minimum absolute atomic E-state index is 0.0583. The zero-order chi connectivity index (χ0) is 20.2. The molecule has 5 heteroatoms. The van der Waals surface area contributed by atoms with Crippen LogP contribution in [0.1, 0.15) is 36.1 Å². The second-order valence-electron chi connectivity index (χ2n) is 7.45. The molecule has 1 saturated heterocycles. The van der Waals surface area contributed by atoms with Crippen molar-refractivity contribution in [3.05, 3.63) is 81.8 Å². The second-order valence-corrected chi connectivity index (χ2v) is 7.45. The highest BCUT2D eigenvalue weighted by Crippen LogP contribution is 2.24. The van der Waals surface area contributed by atoms with Crippen molar-refractivity contribution < 1.29 is 0 Å². The summed E-state index contributed by atoms with van der Waals surface area (Å²) in [7, 11) is 0. The monoisotopic (exact) mass is 384 g/mol. The number of hydrogen-bond acceptors (Lipinski definition) is 4. The van der Waals surface area contributed by atoms with Crippen LogP contribution in [-0.4, -0.2) is 22.6 Å². The zero-order valence-electron chi connectivity index (χ0n) is 16.6. The number of nitriles is 1. The van der Waals surface area contributed by atoms with E-state index in [1.54, 1.807) is 10.6 Å². The topological polar surface area (TPSA) is 61.9 Å². The Labute approximate surface area is 170 Å². The molecule has 1 aliphatic heterocycles. The number of hydrogen-bond donors (Lipinski definition) is 0. The largest absolute Gasteiger partial charge is 0.342 e. The van der Waals surface area contributed by atoms with Crippen molar-refractivity contribution in [2.45, 2.75) is 32.7 Å². The summed E-state index contributed by atoms with van der Waals surface area (Å²) >= 11 is 0. The number of anilines is 1. The third-order valence-electron chi connectivity index (χ3n) is 5.50. The summed E-state index contributed by atoms with van der Waals surface area (Å²) < 4.78 is 1.75. The summed E-state index contributed by atoms with van der Waals surface area (Å²) in [5, 5.41) is 9.50. The fraction of sp³-hybridized carbons (Fsp3) is 0.292. The van der Waals surface area contributed by atoms with Crippen molar-refractivity contribution in [2.75, 3.05) is 18.0 Å². The summed E-state index contributed by atoms with van der Waals surface area (Å²) in [4.78, 5) is 20.8. The van der Waals surface area contributed by atoms with Gasteiger partial charge >= 0.3 is 0 Å². The Morgan fingerprint density at radius 2 is 1.69 bits per heavy atom. The SMILES string of the molecule is Cc1nc(N2CCCCC2)n(Cc2ccccc2C#N)c(=O)c1-c1ccccc1. The van der Waals surface area contributed by atoms with Crippen molar-refractivity contribution in [3.8, 4) is 17.2 Å². The van der Waals surface area contributed by atoms with Crippen molar-refractivity contribution in [2.24, 2.45) is 0 Å². The Balaban J connectivity index is 1.90. The molecule has 0 N–H and O–H groups in total. The van der Waals surface area contributed by atoms with E-state index in [-0.39, 0.29) is 5.56 Å². The highest BCUT2D eigenvalue weighted by atomic mass is 16.1. The second kappa shape index (κ2) is 8.32. The fourth-order valence-corrected chi connectivity index (χ4v) is 4.00. The van der Waals surface area contributed by atoms with Gasteiger partial charge in [-0.1, -0.05) is 48.5 Å². The van der Waals surface area contributed by atoms with Crippen molar-refractivity contribution in [3.63, 3.8) is 0 Å². The van der Waals surface area contributed by atoms with E-state index in [1.165, 1.54) is 6.42 Å². The Morgan fingerprint density at radius 1 is 1.00 bits per heavy atom. The standard InChI is InChI=1S/C24H24N4O/c1-18-22(19-10-4-2-5-11-19)23(29)28(17-21-13-7-6-12-20(21)16-25)24(26-18)27-14-8-3-9-15-27/h2,4-7,10-13H,3,8-9,14-15,17H2,1H3. The van der Waals surface area contributed by atoms with Crippen LogP contribution < -0.4 is 10.5 Å². The number of benzene rings is 2. The summed E-state index contributed by atoms with van der Waals surface area (Å²) in [5.74, 6) is 0.708. The first kappa shape index (κ1) is 18.9. The number of nitrogens with zero attached hydrogens (tertiary/aromatic N) is 4. The van der Waals surface area contributed by atoms with Gasteiger partial charge in [-0.25, -0.2) is 4.98 Å². The predicted molar refractivity (Wildman–Crippen MR) is 115 cm³/mol. The van der Waals surface area contributed by atoms with Gasteiger partial charge in [-0.3, -0.25) is 9.36 Å². The Bertz CT molecular complexity index is 1110. The van der Waals surface area contributed by atoms with Gasteiger partial charge in [0.2, 0.25) is 5.95 Å². The average molecular weight is 384 g/mol. The molecule has 1 aliphatic rings. The smallest absolute Gasteiger partial charge is 0.263 e. The summed E-state index contributed by atoms with van der Waals surface area (Å²) in [6.45, 7) is 4.04. The molecular formula is C24H24N4O. The van der Waals surface area contributed by atoms with Crippen molar-refractivity contribution in [1.29, 1.82) is 5.26 Å². The van der Waals surface area contributed by atoms with Crippen LogP contribution in [0.2, 0.25) is 0 Å². The molecule has 0 spiro atoms. The maximum absolute atomic E-state index is 13.7. The normalized spacial score (nSPS) is 13.9. The summed E-state index contributed by atoms with van der Waals surface area (Å²) in [6, 6.07) is 19.4. The van der Waals surface area contributed by atoms with E-state index in [9.17, 15) is 10.1 Å². The van der Waals surface area contributed by atoms with Gasteiger partial charge in [0.15, 0.2) is 0 Å². The quantitative estimate of drug-likeness (QED) is 0.679. The van der Waals surface area contributed by atoms with Crippen LogP contribution in [0.25, 0.3) is 11.1 Å². The Kier molecular flexibility index (Phi) is 5.44. The van der Waals surface area contributed by atoms with E-state index >= 15 is 0 Å². The molecule has 0 amide bonds. The highest BCUT2D eigenvalue weighted by Gasteiger charge is 2.22. The maximum Gasteiger partial charge on any atom is 0.263 e. The summed E-state index contributed by atoms with van der Waals surface area (Å²) in [6.07, 6.45) is 3.41. The maximum atomic E-state index is 13.7. The molecule has 4 rings (SSSR count). The molecule has 0 saturated carbocycles. The van der Waals surface area contributed by atoms with E-state index in [0.717, 1.165) is 42.8 Å². The molecule has 29 heavy (non-hydrogen) atoms. The van der Waals surface area contributed by atoms with Gasteiger partial charge in [0.05, 0.1) is 29.4 Å². The Hall–Kier alpha value is -3.39. The predicted octanol–water partition coefficient (Wildman–Crippen LogP) is 4.13. The number of aryl methyl sites for hydroxylation is 1. The lowest BCUT2D eigenvalue weighted by molar-refractivity contribution is 0.550. The molecule has 2 aromatic carbocycles. The first-order chi connectivity index (χ1) is 14.2. The molecule has 0 aliphatic carbocycles. The first-order valence-electron chi connectivity index (χ1n) is 10.1. The van der Waals surface area contributed by atoms with Gasteiger partial charge < -0.3 is 4.90 Å². The van der Waals surface area contributed by atoms with E-state index in [4.69, 9.17) is 4.98 Å². The summed E-state index contributed by atoms with van der Waals surface area (Å²) in [5.41, 5.74) is 3.60. The molecule has 0 atom stereocenters. The van der Waals surface area contributed by atoms with Gasteiger partial charge in [-0.2, -0.15) is 5.26 Å². The molecule has 1 fully saturated rings. The van der Waals surface area contributed by atoms with E-state index in [2.05, 4.69) is 11.0 Å². The van der Waals surface area contributed by atoms with E-state index in [0.29, 0.717) is 23.6 Å². The van der Waals surface area contributed by atoms with E-state index < -0.39 is 0 Å². The lowest BCUT2D eigenvalue weighted by Gasteiger charge is -2.30. The van der Waals surface area contributed by atoms with E-state index in [1.807, 2.05) is 55.5 Å². The van der Waals surface area contributed by atoms with Crippen LogP contribution in [0, 0.1) is 18.3 Å². The molecular weight excluding hydrogens is 360 g/mol. The van der Waals surface area contributed by atoms with Crippen LogP contribution in [-0.2, 0) is 6.54 Å². The molecule has 146 valence electrons. The lowest BCUT2D eigenvalue weighted by Crippen LogP contribution is -2.37. The van der Waals surface area contributed by atoms with Crippen LogP contribution in [0.3, 0.4) is 0 Å². The van der Waals surface area contributed by atoms with Crippen LogP contribution >= 0.6 is 0 Å². The third kappa shape index (κ3) is 3.79. The van der Waals surface area contributed by atoms with Gasteiger partial charge in [0.25, 0.3) is 5.56 Å². The Morgan fingerprint density at radius 3 is 2.41 bits per heavy atom. The van der Waals surface area contributed by atoms with Crippen molar-refractivity contribution in [1.82, 2.24) is 9.55 Å². The fourth-order valence-electron chi connectivity index (χ4n) is 4.00. The molecule has 0 bridgehead atoms. The minimum Gasteiger partial charge on any atom is -0.342 e. The van der Waals surface area contributed by atoms with Crippen LogP contribution in [0.15, 0.2) is 59.4 Å². The van der Waals surface area contributed by atoms with Gasteiger partial charge in [-0.05, 0) is 43.4 Å². The molecule has 5 nitrogen and oxygen atoms in total. The molecule has 2 heterocycles. The molecule has 1 aromatic heterocycles.